The van der Waals surface area contributed by atoms with E-state index in [1.54, 1.807) is 12.3 Å². The molecule has 16 heavy (non-hydrogen) atoms. The highest BCUT2D eigenvalue weighted by molar-refractivity contribution is 9.10. The fraction of sp³-hybridized carbons (Fsp3) is 0.0909. The van der Waals surface area contributed by atoms with Crippen molar-refractivity contribution in [3.63, 3.8) is 0 Å². The van der Waals surface area contributed by atoms with E-state index >= 15 is 0 Å². The number of para-hydroxylation sites is 1. The number of halogens is 1. The highest BCUT2D eigenvalue weighted by atomic mass is 79.9. The fourth-order valence-electron chi connectivity index (χ4n) is 1.16. The normalized spacial score (nSPS) is 10.1. The van der Waals surface area contributed by atoms with E-state index in [1.807, 2.05) is 24.3 Å². The van der Waals surface area contributed by atoms with Crippen molar-refractivity contribution < 1.29 is 4.74 Å². The molecule has 0 radical (unpaired) electrons. The second kappa shape index (κ2) is 5.05. The number of hydrogen-bond donors (Lipinski definition) is 1. The van der Waals surface area contributed by atoms with Crippen LogP contribution in [0.1, 0.15) is 5.69 Å². The summed E-state index contributed by atoms with van der Waals surface area (Å²) >= 11 is 3.38. The summed E-state index contributed by atoms with van der Waals surface area (Å²) in [6, 6.07) is 9.58. The van der Waals surface area contributed by atoms with Gasteiger partial charge in [-0.15, -0.1) is 0 Å². The first-order chi connectivity index (χ1) is 7.79. The maximum Gasteiger partial charge on any atom is 0.322 e. The molecular formula is C11H10BrN3O. The lowest BCUT2D eigenvalue weighted by Crippen LogP contribution is -2.01. The Bertz CT molecular complexity index is 490. The van der Waals surface area contributed by atoms with Crippen molar-refractivity contribution in [2.75, 3.05) is 0 Å². The molecule has 1 aromatic carbocycles. The van der Waals surface area contributed by atoms with E-state index in [2.05, 4.69) is 25.9 Å². The average Bonchev–Trinajstić information content (AvgIpc) is 2.32. The van der Waals surface area contributed by atoms with Crippen molar-refractivity contribution in [2.24, 2.45) is 5.73 Å². The molecule has 2 rings (SSSR count). The van der Waals surface area contributed by atoms with Gasteiger partial charge in [0.05, 0.1) is 10.2 Å². The quantitative estimate of drug-likeness (QED) is 0.938. The molecule has 0 atom stereocenters. The Morgan fingerprint density at radius 3 is 2.81 bits per heavy atom. The van der Waals surface area contributed by atoms with Gasteiger partial charge in [0.1, 0.15) is 5.75 Å². The van der Waals surface area contributed by atoms with Crippen molar-refractivity contribution in [1.82, 2.24) is 9.97 Å². The van der Waals surface area contributed by atoms with Crippen LogP contribution in [-0.2, 0) is 6.54 Å². The number of nitrogens with two attached hydrogens (primary N) is 1. The molecule has 5 heteroatoms. The molecule has 0 spiro atoms. The molecule has 82 valence electrons. The molecule has 0 fully saturated rings. The summed E-state index contributed by atoms with van der Waals surface area (Å²) in [5, 5.41) is 0. The van der Waals surface area contributed by atoms with Gasteiger partial charge >= 0.3 is 6.01 Å². The van der Waals surface area contributed by atoms with E-state index in [0.29, 0.717) is 18.3 Å². The van der Waals surface area contributed by atoms with Gasteiger partial charge in [0.2, 0.25) is 0 Å². The SMILES string of the molecule is NCc1ccnc(Oc2ccccc2Br)n1. The highest BCUT2D eigenvalue weighted by Gasteiger charge is 2.04. The van der Waals surface area contributed by atoms with Crippen LogP contribution < -0.4 is 10.5 Å². The average molecular weight is 280 g/mol. The van der Waals surface area contributed by atoms with E-state index in [0.717, 1.165) is 10.2 Å². The first-order valence-electron chi connectivity index (χ1n) is 4.74. The zero-order valence-electron chi connectivity index (χ0n) is 8.43. The Morgan fingerprint density at radius 1 is 1.25 bits per heavy atom. The van der Waals surface area contributed by atoms with E-state index in [9.17, 15) is 0 Å². The number of ether oxygens (including phenoxy) is 1. The van der Waals surface area contributed by atoms with Gasteiger partial charge in [0.15, 0.2) is 0 Å². The number of benzene rings is 1. The molecule has 2 N–H and O–H groups in total. The Kier molecular flexibility index (Phi) is 3.48. The van der Waals surface area contributed by atoms with Crippen molar-refractivity contribution >= 4 is 15.9 Å². The van der Waals surface area contributed by atoms with Crippen LogP contribution in [0, 0.1) is 0 Å². The van der Waals surface area contributed by atoms with Crippen LogP contribution in [0.25, 0.3) is 0 Å². The second-order valence-electron chi connectivity index (χ2n) is 3.07. The summed E-state index contributed by atoms with van der Waals surface area (Å²) in [7, 11) is 0. The summed E-state index contributed by atoms with van der Waals surface area (Å²) < 4.78 is 6.39. The topological polar surface area (TPSA) is 61.0 Å². The first kappa shape index (κ1) is 11.0. The lowest BCUT2D eigenvalue weighted by atomic mass is 10.3. The summed E-state index contributed by atoms with van der Waals surface area (Å²) in [4.78, 5) is 8.16. The summed E-state index contributed by atoms with van der Waals surface area (Å²) in [6.07, 6.45) is 1.63. The van der Waals surface area contributed by atoms with E-state index in [4.69, 9.17) is 10.5 Å². The second-order valence-corrected chi connectivity index (χ2v) is 3.92. The Hall–Kier alpha value is -1.46. The zero-order valence-corrected chi connectivity index (χ0v) is 10.0. The molecule has 0 aliphatic carbocycles. The van der Waals surface area contributed by atoms with E-state index in [1.165, 1.54) is 0 Å². The van der Waals surface area contributed by atoms with Crippen molar-refractivity contribution in [3.8, 4) is 11.8 Å². The summed E-state index contributed by atoms with van der Waals surface area (Å²) in [5.74, 6) is 0.677. The summed E-state index contributed by atoms with van der Waals surface area (Å²) in [5.41, 5.74) is 6.23. The Balaban J connectivity index is 2.24. The zero-order chi connectivity index (χ0) is 11.4. The number of rotatable bonds is 3. The van der Waals surface area contributed by atoms with Gasteiger partial charge in [-0.3, -0.25) is 0 Å². The minimum Gasteiger partial charge on any atom is -0.423 e. The smallest absolute Gasteiger partial charge is 0.322 e. The van der Waals surface area contributed by atoms with Crippen LogP contribution in [-0.4, -0.2) is 9.97 Å². The molecule has 0 saturated carbocycles. The molecule has 0 bridgehead atoms. The maximum absolute atomic E-state index is 5.53. The Morgan fingerprint density at radius 2 is 2.06 bits per heavy atom. The van der Waals surface area contributed by atoms with Gasteiger partial charge in [0, 0.05) is 12.7 Å². The lowest BCUT2D eigenvalue weighted by molar-refractivity contribution is 0.437. The third-order valence-electron chi connectivity index (χ3n) is 1.94. The molecule has 2 aromatic rings. The molecular weight excluding hydrogens is 270 g/mol. The van der Waals surface area contributed by atoms with Crippen LogP contribution in [0.2, 0.25) is 0 Å². The van der Waals surface area contributed by atoms with Crippen molar-refractivity contribution in [3.05, 3.63) is 46.7 Å². The third-order valence-corrected chi connectivity index (χ3v) is 2.59. The molecule has 0 unspecified atom stereocenters. The van der Waals surface area contributed by atoms with Gasteiger partial charge in [-0.25, -0.2) is 4.98 Å². The van der Waals surface area contributed by atoms with Crippen LogP contribution in [0.3, 0.4) is 0 Å². The molecule has 1 aromatic heterocycles. The molecule has 4 nitrogen and oxygen atoms in total. The van der Waals surface area contributed by atoms with Crippen molar-refractivity contribution in [1.29, 1.82) is 0 Å². The fourth-order valence-corrected chi connectivity index (χ4v) is 1.53. The van der Waals surface area contributed by atoms with Gasteiger partial charge in [-0.05, 0) is 34.1 Å². The number of hydrogen-bond acceptors (Lipinski definition) is 4. The lowest BCUT2D eigenvalue weighted by Gasteiger charge is -2.05. The molecule has 1 heterocycles. The molecule has 0 amide bonds. The van der Waals surface area contributed by atoms with E-state index < -0.39 is 0 Å². The van der Waals surface area contributed by atoms with Crippen LogP contribution in [0.4, 0.5) is 0 Å². The molecule has 0 aliphatic rings. The largest absolute Gasteiger partial charge is 0.423 e. The first-order valence-corrected chi connectivity index (χ1v) is 5.53. The molecule has 0 saturated heterocycles. The van der Waals surface area contributed by atoms with Gasteiger partial charge in [0.25, 0.3) is 0 Å². The number of nitrogens with zero attached hydrogens (tertiary/aromatic N) is 2. The Labute approximate surface area is 102 Å². The third kappa shape index (κ3) is 2.56. The number of aromatic nitrogens is 2. The monoisotopic (exact) mass is 279 g/mol. The standard InChI is InChI=1S/C11H10BrN3O/c12-9-3-1-2-4-10(9)16-11-14-6-5-8(7-13)15-11/h1-6H,7,13H2. The predicted molar refractivity (Wildman–Crippen MR) is 64.1 cm³/mol. The van der Waals surface area contributed by atoms with E-state index in [-0.39, 0.29) is 0 Å². The van der Waals surface area contributed by atoms with Crippen LogP contribution in [0.5, 0.6) is 11.8 Å². The van der Waals surface area contributed by atoms with Crippen molar-refractivity contribution in [2.45, 2.75) is 6.54 Å². The highest BCUT2D eigenvalue weighted by Crippen LogP contribution is 2.27. The molecule has 0 aliphatic heterocycles. The predicted octanol–water partition coefficient (Wildman–Crippen LogP) is 2.49. The summed E-state index contributed by atoms with van der Waals surface area (Å²) in [6.45, 7) is 0.370. The van der Waals surface area contributed by atoms with Gasteiger partial charge in [-0.1, -0.05) is 12.1 Å². The van der Waals surface area contributed by atoms with Gasteiger partial charge < -0.3 is 10.5 Å². The maximum atomic E-state index is 5.53. The van der Waals surface area contributed by atoms with Crippen LogP contribution in [0.15, 0.2) is 41.0 Å². The van der Waals surface area contributed by atoms with Gasteiger partial charge in [-0.2, -0.15) is 4.98 Å². The van der Waals surface area contributed by atoms with Crippen LogP contribution >= 0.6 is 15.9 Å². The minimum absolute atomic E-state index is 0.301. The minimum atomic E-state index is 0.301.